The quantitative estimate of drug-likeness (QED) is 0.370. The van der Waals surface area contributed by atoms with Gasteiger partial charge in [0.2, 0.25) is 0 Å². The van der Waals surface area contributed by atoms with Crippen molar-refractivity contribution in [2.45, 2.75) is 38.6 Å². The first-order valence-electron chi connectivity index (χ1n) is 6.57. The number of ether oxygens (including phenoxy) is 2. The molecule has 2 unspecified atom stereocenters. The summed E-state index contributed by atoms with van der Waals surface area (Å²) < 4.78 is 11.7. The minimum absolute atomic E-state index is 0.0768. The summed E-state index contributed by atoms with van der Waals surface area (Å²) in [7, 11) is 0. The van der Waals surface area contributed by atoms with Gasteiger partial charge in [-0.2, -0.15) is 0 Å². The number of aromatic nitrogens is 2. The van der Waals surface area contributed by atoms with Gasteiger partial charge in [0.05, 0.1) is 6.04 Å². The summed E-state index contributed by atoms with van der Waals surface area (Å²) in [4.78, 5) is 39.0. The van der Waals surface area contributed by atoms with E-state index in [1.54, 1.807) is 6.92 Å². The van der Waals surface area contributed by atoms with Crippen LogP contribution in [0.15, 0.2) is 20.9 Å². The summed E-state index contributed by atoms with van der Waals surface area (Å²) >= 11 is 0. The molecule has 0 spiro atoms. The lowest BCUT2D eigenvalue weighted by atomic mass is 10.1. The van der Waals surface area contributed by atoms with E-state index >= 15 is 0 Å². The first-order chi connectivity index (χ1) is 10.4. The highest BCUT2D eigenvalue weighted by Crippen LogP contribution is 2.30. The molecule has 22 heavy (non-hydrogen) atoms. The Labute approximate surface area is 124 Å². The maximum Gasteiger partial charge on any atom is 0.330 e. The number of rotatable bonds is 4. The largest absolute Gasteiger partial charge is 0.463 e. The van der Waals surface area contributed by atoms with Crippen LogP contribution < -0.4 is 11.2 Å². The molecule has 1 aromatic heterocycles. The van der Waals surface area contributed by atoms with Crippen LogP contribution in [0.1, 0.15) is 25.1 Å². The van der Waals surface area contributed by atoms with E-state index in [2.05, 4.69) is 15.0 Å². The standard InChI is InChI=1S/C12H15N5O5/c1-6-4-17(12(20)14-11(6)19)10-3-8(15-16-13)9(22-10)5-21-7(2)18/h4,8-10H,3,5H2,1-2H3,(H,14,19,20)/t8?,9?,10-/m1/s1. The molecule has 1 aliphatic rings. The third kappa shape index (κ3) is 3.35. The van der Waals surface area contributed by atoms with E-state index in [1.807, 2.05) is 0 Å². The smallest absolute Gasteiger partial charge is 0.330 e. The molecule has 118 valence electrons. The van der Waals surface area contributed by atoms with E-state index in [-0.39, 0.29) is 13.0 Å². The minimum atomic E-state index is -0.709. The molecule has 1 fully saturated rings. The van der Waals surface area contributed by atoms with Gasteiger partial charge >= 0.3 is 11.7 Å². The van der Waals surface area contributed by atoms with E-state index in [1.165, 1.54) is 17.7 Å². The number of esters is 1. The monoisotopic (exact) mass is 309 g/mol. The highest BCUT2D eigenvalue weighted by molar-refractivity contribution is 5.65. The third-order valence-corrected chi connectivity index (χ3v) is 3.31. The van der Waals surface area contributed by atoms with Gasteiger partial charge in [0, 0.05) is 30.0 Å². The van der Waals surface area contributed by atoms with E-state index in [0.29, 0.717) is 5.56 Å². The summed E-state index contributed by atoms with van der Waals surface area (Å²) in [6.07, 6.45) is 0.261. The van der Waals surface area contributed by atoms with Crippen molar-refractivity contribution in [1.29, 1.82) is 0 Å². The zero-order chi connectivity index (χ0) is 16.3. The molecule has 1 N–H and O–H groups in total. The van der Waals surface area contributed by atoms with Gasteiger partial charge in [-0.15, -0.1) is 0 Å². The van der Waals surface area contributed by atoms with Crippen LogP contribution in [0.3, 0.4) is 0 Å². The highest BCUT2D eigenvalue weighted by atomic mass is 16.6. The molecule has 10 nitrogen and oxygen atoms in total. The van der Waals surface area contributed by atoms with Crippen LogP contribution in [0.25, 0.3) is 10.4 Å². The Morgan fingerprint density at radius 2 is 2.36 bits per heavy atom. The fourth-order valence-corrected chi connectivity index (χ4v) is 2.22. The van der Waals surface area contributed by atoms with Gasteiger partial charge in [-0.3, -0.25) is 19.1 Å². The fourth-order valence-electron chi connectivity index (χ4n) is 2.22. The Balaban J connectivity index is 2.25. The second-order valence-corrected chi connectivity index (χ2v) is 4.92. The molecular formula is C12H15N5O5. The number of aromatic amines is 1. The number of aryl methyl sites for hydroxylation is 1. The number of nitrogens with one attached hydrogen (secondary N) is 1. The molecule has 0 bridgehead atoms. The average molecular weight is 309 g/mol. The number of hydrogen-bond donors (Lipinski definition) is 1. The average Bonchev–Trinajstić information content (AvgIpc) is 2.84. The summed E-state index contributed by atoms with van der Waals surface area (Å²) in [6, 6.07) is -0.575. The van der Waals surface area contributed by atoms with Crippen LogP contribution in [0, 0.1) is 6.92 Å². The lowest BCUT2D eigenvalue weighted by Crippen LogP contribution is -2.33. The van der Waals surface area contributed by atoms with Crippen molar-refractivity contribution in [3.63, 3.8) is 0 Å². The normalized spacial score (nSPS) is 23.8. The maximum atomic E-state index is 11.9. The van der Waals surface area contributed by atoms with Gasteiger partial charge in [0.25, 0.3) is 5.56 Å². The van der Waals surface area contributed by atoms with E-state index in [0.717, 1.165) is 0 Å². The summed E-state index contributed by atoms with van der Waals surface area (Å²) in [5, 5.41) is 3.61. The molecule has 3 atom stereocenters. The van der Waals surface area contributed by atoms with Crippen molar-refractivity contribution in [3.05, 3.63) is 43.0 Å². The summed E-state index contributed by atoms with van der Waals surface area (Å²) in [5.41, 5.74) is 7.86. The molecule has 10 heteroatoms. The summed E-state index contributed by atoms with van der Waals surface area (Å²) in [5.74, 6) is -0.483. The molecule has 1 aliphatic heterocycles. The Kier molecular flexibility index (Phi) is 4.64. The van der Waals surface area contributed by atoms with Gasteiger partial charge < -0.3 is 9.47 Å². The van der Waals surface area contributed by atoms with Crippen LogP contribution in [-0.2, 0) is 14.3 Å². The third-order valence-electron chi connectivity index (χ3n) is 3.31. The van der Waals surface area contributed by atoms with Crippen molar-refractivity contribution >= 4 is 5.97 Å². The summed E-state index contributed by atoms with van der Waals surface area (Å²) in [6.45, 7) is 2.74. The van der Waals surface area contributed by atoms with Gasteiger partial charge in [-0.25, -0.2) is 4.79 Å². The zero-order valence-electron chi connectivity index (χ0n) is 12.1. The van der Waals surface area contributed by atoms with Gasteiger partial charge in [-0.1, -0.05) is 5.11 Å². The lowest BCUT2D eigenvalue weighted by Gasteiger charge is -2.16. The maximum absolute atomic E-state index is 11.9. The van der Waals surface area contributed by atoms with E-state index in [4.69, 9.17) is 15.0 Å². The Morgan fingerprint density at radius 3 is 3.00 bits per heavy atom. The van der Waals surface area contributed by atoms with Crippen molar-refractivity contribution < 1.29 is 14.3 Å². The number of carbonyl (C=O) groups is 1. The number of hydrogen-bond acceptors (Lipinski definition) is 6. The van der Waals surface area contributed by atoms with Crippen LogP contribution >= 0.6 is 0 Å². The zero-order valence-corrected chi connectivity index (χ0v) is 12.1. The van der Waals surface area contributed by atoms with E-state index in [9.17, 15) is 14.4 Å². The SMILES string of the molecule is CC(=O)OCC1O[C@@H](n2cc(C)c(=O)[nH]c2=O)CC1N=[N+]=[N-]. The van der Waals surface area contributed by atoms with Crippen molar-refractivity contribution in [2.75, 3.05) is 6.61 Å². The molecular weight excluding hydrogens is 294 g/mol. The number of H-pyrrole nitrogens is 1. The Morgan fingerprint density at radius 1 is 1.64 bits per heavy atom. The van der Waals surface area contributed by atoms with Crippen molar-refractivity contribution in [1.82, 2.24) is 9.55 Å². The topological polar surface area (TPSA) is 139 Å². The molecule has 0 aliphatic carbocycles. The second kappa shape index (κ2) is 6.46. The number of azide groups is 1. The molecule has 1 saturated heterocycles. The van der Waals surface area contributed by atoms with Gasteiger partial charge in [0.1, 0.15) is 18.9 Å². The predicted octanol–water partition coefficient (Wildman–Crippen LogP) is 0.375. The molecule has 1 aromatic rings. The van der Waals surface area contributed by atoms with Crippen LogP contribution in [0.5, 0.6) is 0 Å². The number of nitrogens with zero attached hydrogens (tertiary/aromatic N) is 4. The van der Waals surface area contributed by atoms with Crippen LogP contribution in [-0.4, -0.2) is 34.3 Å². The van der Waals surface area contributed by atoms with Crippen LogP contribution in [0.2, 0.25) is 0 Å². The highest BCUT2D eigenvalue weighted by Gasteiger charge is 2.36. The van der Waals surface area contributed by atoms with Crippen molar-refractivity contribution in [2.24, 2.45) is 5.11 Å². The molecule has 0 aromatic carbocycles. The van der Waals surface area contributed by atoms with E-state index < -0.39 is 35.6 Å². The fraction of sp³-hybridized carbons (Fsp3) is 0.583. The van der Waals surface area contributed by atoms with Gasteiger partial charge in [-0.05, 0) is 12.5 Å². The van der Waals surface area contributed by atoms with Gasteiger partial charge in [0.15, 0.2) is 0 Å². The Bertz CT molecular complexity index is 732. The minimum Gasteiger partial charge on any atom is -0.463 e. The molecule has 0 radical (unpaired) electrons. The van der Waals surface area contributed by atoms with Crippen molar-refractivity contribution in [3.8, 4) is 0 Å². The molecule has 0 amide bonds. The lowest BCUT2D eigenvalue weighted by molar-refractivity contribution is -0.146. The molecule has 0 saturated carbocycles. The Hall–Kier alpha value is -2.58. The second-order valence-electron chi connectivity index (χ2n) is 4.92. The molecule has 2 heterocycles. The number of carbonyl (C=O) groups excluding carboxylic acids is 1. The molecule has 2 rings (SSSR count). The predicted molar refractivity (Wildman–Crippen MR) is 74.2 cm³/mol. The first kappa shape index (κ1) is 15.8. The first-order valence-corrected chi connectivity index (χ1v) is 6.57. The van der Waals surface area contributed by atoms with Crippen LogP contribution in [0.4, 0.5) is 0 Å².